The number of nitrogens with zero attached hydrogens (tertiary/aromatic N) is 3. The third-order valence-corrected chi connectivity index (χ3v) is 5.18. The van der Waals surface area contributed by atoms with Crippen LogP contribution in [0.3, 0.4) is 0 Å². The van der Waals surface area contributed by atoms with E-state index in [0.29, 0.717) is 47.2 Å². The first-order chi connectivity index (χ1) is 12.3. The molecular weight excluding hydrogens is 405 g/mol. The van der Waals surface area contributed by atoms with Gasteiger partial charge in [-0.2, -0.15) is 0 Å². The number of benzene rings is 1. The lowest BCUT2D eigenvalue weighted by atomic mass is 10.1. The van der Waals surface area contributed by atoms with E-state index >= 15 is 0 Å². The zero-order valence-corrected chi connectivity index (χ0v) is 16.5. The molecule has 2 aromatic rings. The molecule has 0 N–H and O–H groups in total. The third kappa shape index (κ3) is 3.42. The van der Waals surface area contributed by atoms with Crippen molar-refractivity contribution in [2.75, 3.05) is 31.1 Å². The van der Waals surface area contributed by atoms with E-state index in [0.717, 1.165) is 0 Å². The molecule has 1 saturated heterocycles. The lowest BCUT2D eigenvalue weighted by Crippen LogP contribution is -2.49. The molecule has 0 atom stereocenters. The van der Waals surface area contributed by atoms with Crippen molar-refractivity contribution in [3.8, 4) is 0 Å². The Balaban J connectivity index is 1.94. The number of carbonyl (C=O) groups is 1. The van der Waals surface area contributed by atoms with Gasteiger partial charge in [0.1, 0.15) is 10.3 Å². The lowest BCUT2D eigenvalue weighted by molar-refractivity contribution is 0.0751. The second-order valence-electron chi connectivity index (χ2n) is 6.59. The van der Waals surface area contributed by atoms with Gasteiger partial charge >= 0.3 is 6.09 Å². The summed E-state index contributed by atoms with van der Waals surface area (Å²) in [6.45, 7) is 5.64. The van der Waals surface area contributed by atoms with E-state index < -0.39 is 0 Å². The van der Waals surface area contributed by atoms with Gasteiger partial charge < -0.3 is 19.1 Å². The fraction of sp³-hybridized carbons (Fsp3) is 0.444. The highest BCUT2D eigenvalue weighted by Gasteiger charge is 2.26. The van der Waals surface area contributed by atoms with E-state index in [1.807, 2.05) is 18.7 Å². The van der Waals surface area contributed by atoms with Crippen molar-refractivity contribution < 1.29 is 13.9 Å². The lowest BCUT2D eigenvalue weighted by Gasteiger charge is -2.36. The first kappa shape index (κ1) is 18.7. The second kappa shape index (κ2) is 7.26. The fourth-order valence-corrected chi connectivity index (χ4v) is 3.89. The van der Waals surface area contributed by atoms with Gasteiger partial charge in [-0.3, -0.25) is 4.79 Å². The Hall–Kier alpha value is -2.09. The number of rotatable bonds is 2. The third-order valence-electron chi connectivity index (χ3n) is 4.47. The molecule has 1 fully saturated rings. The number of fused-ring (bicyclic) bond motifs is 1. The minimum Gasteiger partial charge on any atom is -0.447 e. The molecule has 1 aliphatic rings. The zero-order valence-electron chi connectivity index (χ0n) is 15.0. The number of hydrogen-bond donors (Lipinski definition) is 0. The number of ether oxygens (including phenoxy) is 1. The topological polar surface area (TPSA) is 54.8 Å². The number of piperazine rings is 1. The Bertz CT molecular complexity index is 905. The molecule has 6 nitrogen and oxygen atoms in total. The first-order valence-electron chi connectivity index (χ1n) is 8.48. The van der Waals surface area contributed by atoms with Gasteiger partial charge in [-0.1, -0.05) is 0 Å². The summed E-state index contributed by atoms with van der Waals surface area (Å²) in [6.07, 6.45) is -0.502. The molecule has 0 bridgehead atoms. The van der Waals surface area contributed by atoms with Crippen molar-refractivity contribution in [2.45, 2.75) is 20.0 Å². The van der Waals surface area contributed by atoms with Crippen LogP contribution in [0, 0.1) is 5.82 Å². The highest BCUT2D eigenvalue weighted by molar-refractivity contribution is 9.10. The highest BCUT2D eigenvalue weighted by atomic mass is 79.9. The molecule has 1 aromatic carbocycles. The van der Waals surface area contributed by atoms with E-state index in [4.69, 9.17) is 4.74 Å². The maximum atomic E-state index is 13.8. The van der Waals surface area contributed by atoms with Gasteiger partial charge in [-0.05, 0) is 48.0 Å². The second-order valence-corrected chi connectivity index (χ2v) is 7.39. The van der Waals surface area contributed by atoms with Crippen molar-refractivity contribution in [1.82, 2.24) is 9.47 Å². The van der Waals surface area contributed by atoms with Gasteiger partial charge in [0.15, 0.2) is 0 Å². The SMILES string of the molecule is CC(C)OC(=O)N1CCN(c2c(Br)c(=O)n(C)c3ccc(F)cc23)CC1. The number of halogens is 2. The van der Waals surface area contributed by atoms with Crippen LogP contribution in [0.15, 0.2) is 27.5 Å². The van der Waals surface area contributed by atoms with Crippen LogP contribution in [-0.2, 0) is 11.8 Å². The average molecular weight is 426 g/mol. The van der Waals surface area contributed by atoms with E-state index in [1.165, 1.54) is 16.7 Å². The Morgan fingerprint density at radius 2 is 1.88 bits per heavy atom. The molecule has 8 heteroatoms. The molecule has 26 heavy (non-hydrogen) atoms. The van der Waals surface area contributed by atoms with Crippen molar-refractivity contribution in [3.63, 3.8) is 0 Å². The van der Waals surface area contributed by atoms with Crippen LogP contribution in [-0.4, -0.2) is 47.8 Å². The normalized spacial score (nSPS) is 15.0. The van der Waals surface area contributed by atoms with Gasteiger partial charge in [0, 0.05) is 38.6 Å². The van der Waals surface area contributed by atoms with Gasteiger partial charge in [0.2, 0.25) is 0 Å². The standard InChI is InChI=1S/C18H21BrFN3O3/c1-11(2)26-18(25)23-8-6-22(7-9-23)16-13-10-12(20)4-5-14(13)21(3)17(24)15(16)19/h4-5,10-11H,6-9H2,1-3H3. The van der Waals surface area contributed by atoms with Crippen molar-refractivity contribution in [2.24, 2.45) is 7.05 Å². The van der Waals surface area contributed by atoms with Crippen LogP contribution in [0.1, 0.15) is 13.8 Å². The minimum absolute atomic E-state index is 0.168. The Morgan fingerprint density at radius 1 is 1.23 bits per heavy atom. The van der Waals surface area contributed by atoms with Crippen molar-refractivity contribution >= 4 is 38.6 Å². The fourth-order valence-electron chi connectivity index (χ4n) is 3.16. The zero-order chi connectivity index (χ0) is 19.0. The van der Waals surface area contributed by atoms with Crippen LogP contribution in [0.2, 0.25) is 0 Å². The van der Waals surface area contributed by atoms with Crippen LogP contribution >= 0.6 is 15.9 Å². The van der Waals surface area contributed by atoms with Crippen LogP contribution in [0.5, 0.6) is 0 Å². The van der Waals surface area contributed by atoms with Crippen LogP contribution < -0.4 is 10.5 Å². The number of anilines is 1. The van der Waals surface area contributed by atoms with Crippen molar-refractivity contribution in [1.29, 1.82) is 0 Å². The van der Waals surface area contributed by atoms with E-state index in [1.54, 1.807) is 18.0 Å². The van der Waals surface area contributed by atoms with Crippen molar-refractivity contribution in [3.05, 3.63) is 38.8 Å². The Kier molecular flexibility index (Phi) is 5.22. The Labute approximate surface area is 159 Å². The predicted molar refractivity (Wildman–Crippen MR) is 102 cm³/mol. The molecule has 1 aromatic heterocycles. The maximum absolute atomic E-state index is 13.8. The number of carbonyl (C=O) groups excluding carboxylic acids is 1. The highest BCUT2D eigenvalue weighted by Crippen LogP contribution is 2.33. The molecule has 0 saturated carbocycles. The number of pyridine rings is 1. The van der Waals surface area contributed by atoms with E-state index in [2.05, 4.69) is 15.9 Å². The summed E-state index contributed by atoms with van der Waals surface area (Å²) in [7, 11) is 1.66. The van der Waals surface area contributed by atoms with E-state index in [9.17, 15) is 14.0 Å². The summed E-state index contributed by atoms with van der Waals surface area (Å²) >= 11 is 3.39. The number of aromatic nitrogens is 1. The summed E-state index contributed by atoms with van der Waals surface area (Å²) in [6, 6.07) is 4.39. The smallest absolute Gasteiger partial charge is 0.410 e. The summed E-state index contributed by atoms with van der Waals surface area (Å²) < 4.78 is 21.0. The van der Waals surface area contributed by atoms with Gasteiger partial charge in [0.25, 0.3) is 5.56 Å². The molecule has 0 radical (unpaired) electrons. The van der Waals surface area contributed by atoms with Gasteiger partial charge in [-0.15, -0.1) is 0 Å². The number of aryl methyl sites for hydroxylation is 1. The van der Waals surface area contributed by atoms with Crippen LogP contribution in [0.25, 0.3) is 10.9 Å². The summed E-state index contributed by atoms with van der Waals surface area (Å²) in [5, 5.41) is 0.664. The molecule has 1 amide bonds. The predicted octanol–water partition coefficient (Wildman–Crippen LogP) is 3.11. The van der Waals surface area contributed by atoms with Crippen LogP contribution in [0.4, 0.5) is 14.9 Å². The number of amides is 1. The van der Waals surface area contributed by atoms with Gasteiger partial charge in [-0.25, -0.2) is 9.18 Å². The molecular formula is C18H21BrFN3O3. The summed E-state index contributed by atoms with van der Waals surface area (Å²) in [4.78, 5) is 28.2. The monoisotopic (exact) mass is 425 g/mol. The summed E-state index contributed by atoms with van der Waals surface area (Å²) in [5.41, 5.74) is 1.15. The number of hydrogen-bond acceptors (Lipinski definition) is 4. The van der Waals surface area contributed by atoms with E-state index in [-0.39, 0.29) is 23.6 Å². The average Bonchev–Trinajstić information content (AvgIpc) is 2.60. The molecule has 1 aliphatic heterocycles. The minimum atomic E-state index is -0.358. The maximum Gasteiger partial charge on any atom is 0.410 e. The molecule has 0 unspecified atom stereocenters. The molecule has 3 rings (SSSR count). The molecule has 0 spiro atoms. The molecule has 2 heterocycles. The first-order valence-corrected chi connectivity index (χ1v) is 9.27. The quantitative estimate of drug-likeness (QED) is 0.741. The Morgan fingerprint density at radius 3 is 2.50 bits per heavy atom. The molecule has 140 valence electrons. The molecule has 0 aliphatic carbocycles. The van der Waals surface area contributed by atoms with Gasteiger partial charge in [0.05, 0.1) is 17.3 Å². The summed E-state index contributed by atoms with van der Waals surface area (Å²) in [5.74, 6) is -0.358. The largest absolute Gasteiger partial charge is 0.447 e.